The fourth-order valence-corrected chi connectivity index (χ4v) is 3.65. The first-order chi connectivity index (χ1) is 8.52. The summed E-state index contributed by atoms with van der Waals surface area (Å²) in [6.45, 7) is 10.2. The van der Waals surface area contributed by atoms with E-state index in [1.165, 1.54) is 38.5 Å². The van der Waals surface area contributed by atoms with Gasteiger partial charge in [0, 0.05) is 11.6 Å². The molecule has 1 N–H and O–H groups in total. The molecule has 2 rings (SSSR count). The van der Waals surface area contributed by atoms with Crippen LogP contribution < -0.4 is 5.32 Å². The maximum atomic E-state index is 6.29. The van der Waals surface area contributed by atoms with Crippen LogP contribution in [0.1, 0.15) is 66.2 Å². The third-order valence-electron chi connectivity index (χ3n) is 4.68. The summed E-state index contributed by atoms with van der Waals surface area (Å²) in [6, 6.07) is 0.541. The molecule has 0 radical (unpaired) electrons. The minimum atomic E-state index is 0.306. The van der Waals surface area contributed by atoms with Crippen molar-refractivity contribution in [1.29, 1.82) is 0 Å². The molecule has 0 aromatic carbocycles. The van der Waals surface area contributed by atoms with Crippen molar-refractivity contribution in [2.24, 2.45) is 11.8 Å². The van der Waals surface area contributed by atoms with Gasteiger partial charge < -0.3 is 10.1 Å². The number of ether oxygens (including phenoxy) is 1. The quantitative estimate of drug-likeness (QED) is 0.827. The van der Waals surface area contributed by atoms with Gasteiger partial charge in [0.15, 0.2) is 0 Å². The molecule has 18 heavy (non-hydrogen) atoms. The fourth-order valence-electron chi connectivity index (χ4n) is 3.65. The van der Waals surface area contributed by atoms with Gasteiger partial charge in [-0.2, -0.15) is 0 Å². The Balaban J connectivity index is 2.02. The molecule has 2 aliphatic rings. The van der Waals surface area contributed by atoms with E-state index in [1.54, 1.807) is 0 Å². The van der Waals surface area contributed by atoms with Gasteiger partial charge in [-0.15, -0.1) is 0 Å². The normalized spacial score (nSPS) is 32.3. The molecule has 106 valence electrons. The molecular weight excluding hydrogens is 222 g/mol. The third kappa shape index (κ3) is 3.27. The SMILES string of the molecule is CC(C)CC1OCC2(CCCCC2)NC1C(C)C. The van der Waals surface area contributed by atoms with E-state index in [1.807, 2.05) is 0 Å². The Kier molecular flexibility index (Phi) is 4.71. The zero-order chi connectivity index (χ0) is 13.2. The monoisotopic (exact) mass is 253 g/mol. The van der Waals surface area contributed by atoms with Gasteiger partial charge in [-0.3, -0.25) is 0 Å². The van der Waals surface area contributed by atoms with Crippen molar-refractivity contribution in [2.45, 2.75) is 83.9 Å². The second-order valence-electron chi connectivity index (χ2n) is 7.23. The summed E-state index contributed by atoms with van der Waals surface area (Å²) < 4.78 is 6.29. The lowest BCUT2D eigenvalue weighted by Crippen LogP contribution is -2.64. The van der Waals surface area contributed by atoms with Crippen LogP contribution in [0.2, 0.25) is 0 Å². The van der Waals surface area contributed by atoms with Gasteiger partial charge in [-0.05, 0) is 31.1 Å². The Morgan fingerprint density at radius 1 is 1.11 bits per heavy atom. The molecule has 2 heteroatoms. The van der Waals surface area contributed by atoms with E-state index < -0.39 is 0 Å². The predicted octanol–water partition coefficient (Wildman–Crippen LogP) is 3.75. The first-order valence-corrected chi connectivity index (χ1v) is 7.92. The Bertz CT molecular complexity index is 256. The first kappa shape index (κ1) is 14.3. The van der Waals surface area contributed by atoms with Crippen molar-refractivity contribution in [2.75, 3.05) is 6.61 Å². The molecule has 1 aliphatic heterocycles. The number of hydrogen-bond donors (Lipinski definition) is 1. The maximum absolute atomic E-state index is 6.29. The Labute approximate surface area is 113 Å². The van der Waals surface area contributed by atoms with Crippen molar-refractivity contribution < 1.29 is 4.74 Å². The van der Waals surface area contributed by atoms with E-state index in [-0.39, 0.29) is 0 Å². The van der Waals surface area contributed by atoms with Crippen LogP contribution in [0, 0.1) is 11.8 Å². The summed E-state index contributed by atoms with van der Waals surface area (Å²) in [6.07, 6.45) is 8.37. The summed E-state index contributed by atoms with van der Waals surface area (Å²) in [7, 11) is 0. The highest BCUT2D eigenvalue weighted by Crippen LogP contribution is 2.35. The predicted molar refractivity (Wildman–Crippen MR) is 76.8 cm³/mol. The lowest BCUT2D eigenvalue weighted by Gasteiger charge is -2.49. The minimum absolute atomic E-state index is 0.306. The van der Waals surface area contributed by atoms with E-state index in [0.29, 0.717) is 23.6 Å². The van der Waals surface area contributed by atoms with Crippen LogP contribution in [0.5, 0.6) is 0 Å². The van der Waals surface area contributed by atoms with Crippen molar-refractivity contribution in [3.63, 3.8) is 0 Å². The largest absolute Gasteiger partial charge is 0.375 e. The standard InChI is InChI=1S/C16H31NO/c1-12(2)10-14-15(13(3)4)17-16(11-18-14)8-6-5-7-9-16/h12-15,17H,5-11H2,1-4H3. The van der Waals surface area contributed by atoms with Gasteiger partial charge in [0.1, 0.15) is 0 Å². The maximum Gasteiger partial charge on any atom is 0.0734 e. The highest BCUT2D eigenvalue weighted by Gasteiger charge is 2.42. The van der Waals surface area contributed by atoms with Gasteiger partial charge in [0.2, 0.25) is 0 Å². The van der Waals surface area contributed by atoms with Crippen molar-refractivity contribution in [3.05, 3.63) is 0 Å². The zero-order valence-electron chi connectivity index (χ0n) is 12.7. The fraction of sp³-hybridized carbons (Fsp3) is 1.00. The average Bonchev–Trinajstić information content (AvgIpc) is 2.32. The molecule has 2 unspecified atom stereocenters. The summed E-state index contributed by atoms with van der Waals surface area (Å²) >= 11 is 0. The minimum Gasteiger partial charge on any atom is -0.375 e. The van der Waals surface area contributed by atoms with Crippen LogP contribution in [0.4, 0.5) is 0 Å². The van der Waals surface area contributed by atoms with Crippen LogP contribution in [-0.2, 0) is 4.74 Å². The Morgan fingerprint density at radius 2 is 1.78 bits per heavy atom. The lowest BCUT2D eigenvalue weighted by molar-refractivity contribution is -0.0905. The van der Waals surface area contributed by atoms with Crippen molar-refractivity contribution in [1.82, 2.24) is 5.32 Å². The number of hydrogen-bond acceptors (Lipinski definition) is 2. The van der Waals surface area contributed by atoms with Gasteiger partial charge in [0.25, 0.3) is 0 Å². The van der Waals surface area contributed by atoms with E-state index in [4.69, 9.17) is 4.74 Å². The van der Waals surface area contributed by atoms with E-state index in [2.05, 4.69) is 33.0 Å². The van der Waals surface area contributed by atoms with Crippen LogP contribution in [0.15, 0.2) is 0 Å². The highest BCUT2D eigenvalue weighted by molar-refractivity contribution is 4.99. The van der Waals surface area contributed by atoms with Gasteiger partial charge in [0.05, 0.1) is 12.7 Å². The molecule has 1 saturated heterocycles. The number of morpholine rings is 1. The van der Waals surface area contributed by atoms with Crippen LogP contribution >= 0.6 is 0 Å². The smallest absolute Gasteiger partial charge is 0.0734 e. The van der Waals surface area contributed by atoms with Crippen LogP contribution in [0.25, 0.3) is 0 Å². The molecule has 1 heterocycles. The number of nitrogens with one attached hydrogen (secondary N) is 1. The topological polar surface area (TPSA) is 21.3 Å². The van der Waals surface area contributed by atoms with Gasteiger partial charge >= 0.3 is 0 Å². The van der Waals surface area contributed by atoms with E-state index in [0.717, 1.165) is 12.5 Å². The average molecular weight is 253 g/mol. The molecule has 2 fully saturated rings. The first-order valence-electron chi connectivity index (χ1n) is 7.92. The van der Waals surface area contributed by atoms with Crippen LogP contribution in [-0.4, -0.2) is 24.3 Å². The number of rotatable bonds is 3. The molecule has 0 aromatic heterocycles. The summed E-state index contributed by atoms with van der Waals surface area (Å²) in [5.74, 6) is 1.38. The molecule has 0 bridgehead atoms. The van der Waals surface area contributed by atoms with Crippen molar-refractivity contribution >= 4 is 0 Å². The molecular formula is C16H31NO. The van der Waals surface area contributed by atoms with Gasteiger partial charge in [-0.25, -0.2) is 0 Å². The van der Waals surface area contributed by atoms with E-state index >= 15 is 0 Å². The van der Waals surface area contributed by atoms with Crippen LogP contribution in [0.3, 0.4) is 0 Å². The molecule has 2 nitrogen and oxygen atoms in total. The second kappa shape index (κ2) is 5.92. The molecule has 0 aromatic rings. The molecule has 1 saturated carbocycles. The summed E-state index contributed by atoms with van der Waals surface area (Å²) in [5.41, 5.74) is 0.306. The second-order valence-corrected chi connectivity index (χ2v) is 7.23. The van der Waals surface area contributed by atoms with Crippen molar-refractivity contribution in [3.8, 4) is 0 Å². The lowest BCUT2D eigenvalue weighted by atomic mass is 9.78. The summed E-state index contributed by atoms with van der Waals surface area (Å²) in [5, 5.41) is 4.00. The highest BCUT2D eigenvalue weighted by atomic mass is 16.5. The molecule has 1 spiro atoms. The Morgan fingerprint density at radius 3 is 2.33 bits per heavy atom. The Hall–Kier alpha value is -0.0800. The molecule has 0 amide bonds. The zero-order valence-corrected chi connectivity index (χ0v) is 12.7. The third-order valence-corrected chi connectivity index (χ3v) is 4.68. The molecule has 1 aliphatic carbocycles. The van der Waals surface area contributed by atoms with Gasteiger partial charge in [-0.1, -0.05) is 47.0 Å². The van der Waals surface area contributed by atoms with E-state index in [9.17, 15) is 0 Å². The summed E-state index contributed by atoms with van der Waals surface area (Å²) in [4.78, 5) is 0. The molecule has 2 atom stereocenters.